The van der Waals surface area contributed by atoms with Crippen LogP contribution in [0, 0.1) is 0 Å². The van der Waals surface area contributed by atoms with Gasteiger partial charge in [0.1, 0.15) is 6.54 Å². The lowest BCUT2D eigenvalue weighted by molar-refractivity contribution is -0.122. The second-order valence-corrected chi connectivity index (χ2v) is 4.58. The highest BCUT2D eigenvalue weighted by molar-refractivity contribution is 5.75. The Morgan fingerprint density at radius 2 is 1.52 bits per heavy atom. The molecule has 0 unspecified atom stereocenters. The van der Waals surface area contributed by atoms with Crippen molar-refractivity contribution in [2.75, 3.05) is 20.3 Å². The molecule has 0 fully saturated rings. The molecule has 0 aromatic carbocycles. The summed E-state index contributed by atoms with van der Waals surface area (Å²) in [7, 11) is 1.48. The van der Waals surface area contributed by atoms with Crippen molar-refractivity contribution in [3.05, 3.63) is 56.8 Å². The van der Waals surface area contributed by atoms with E-state index in [2.05, 4.69) is 18.5 Å². The molecule has 126 valence electrons. The monoisotopic (exact) mass is 324 g/mol. The number of hydrogen-bond acceptors (Lipinski definition) is 5. The van der Waals surface area contributed by atoms with Gasteiger partial charge in [-0.05, 0) is 0 Å². The fourth-order valence-corrected chi connectivity index (χ4v) is 1.88. The number of carbonyl (C=O) groups is 1. The summed E-state index contributed by atoms with van der Waals surface area (Å²) in [5.41, 5.74) is -2.49. The zero-order valence-electron chi connectivity index (χ0n) is 13.0. The maximum Gasteiger partial charge on any atom is 0.337 e. The second kappa shape index (κ2) is 8.69. The van der Waals surface area contributed by atoms with Crippen molar-refractivity contribution in [1.29, 1.82) is 0 Å². The number of nitrogens with zero attached hydrogens (tertiary/aromatic N) is 3. The van der Waals surface area contributed by atoms with Crippen LogP contribution in [0.3, 0.4) is 0 Å². The molecule has 0 aliphatic heterocycles. The smallest absolute Gasteiger partial charge is 0.337 e. The van der Waals surface area contributed by atoms with Gasteiger partial charge >= 0.3 is 17.1 Å². The average molecular weight is 324 g/mol. The predicted octanol–water partition coefficient (Wildman–Crippen LogP) is -1.69. The largest absolute Gasteiger partial charge is 0.383 e. The quantitative estimate of drug-likeness (QED) is 0.431. The van der Waals surface area contributed by atoms with E-state index in [9.17, 15) is 19.2 Å². The number of aromatic nitrogens is 3. The van der Waals surface area contributed by atoms with Gasteiger partial charge in [-0.2, -0.15) is 0 Å². The average Bonchev–Trinajstić information content (AvgIpc) is 2.52. The van der Waals surface area contributed by atoms with Crippen LogP contribution < -0.4 is 22.4 Å². The zero-order valence-corrected chi connectivity index (χ0v) is 13.0. The summed E-state index contributed by atoms with van der Waals surface area (Å²) >= 11 is 0. The lowest BCUT2D eigenvalue weighted by Crippen LogP contribution is -2.55. The summed E-state index contributed by atoms with van der Waals surface area (Å²) in [6.07, 6.45) is 2.71. The third kappa shape index (κ3) is 4.39. The fourth-order valence-electron chi connectivity index (χ4n) is 1.88. The molecule has 0 aliphatic carbocycles. The van der Waals surface area contributed by atoms with Crippen LogP contribution >= 0.6 is 0 Å². The highest BCUT2D eigenvalue weighted by Gasteiger charge is 2.16. The Morgan fingerprint density at radius 3 is 1.96 bits per heavy atom. The van der Waals surface area contributed by atoms with Gasteiger partial charge in [-0.1, -0.05) is 12.2 Å². The molecular formula is C14H20N4O5. The first kappa shape index (κ1) is 18.4. The Balaban J connectivity index is 3.30. The Bertz CT molecular complexity index is 708. The number of methoxy groups -OCH3 is 1. The van der Waals surface area contributed by atoms with Gasteiger partial charge in [-0.15, -0.1) is 13.2 Å². The number of carbonyl (C=O) groups excluding carboxylic acids is 1. The minimum absolute atomic E-state index is 0.0691. The van der Waals surface area contributed by atoms with E-state index in [0.717, 1.165) is 9.13 Å². The lowest BCUT2D eigenvalue weighted by atomic mass is 10.5. The molecule has 9 heteroatoms. The van der Waals surface area contributed by atoms with E-state index < -0.39 is 29.5 Å². The van der Waals surface area contributed by atoms with Crippen molar-refractivity contribution in [3.8, 4) is 0 Å². The number of rotatable bonds is 9. The topological polar surface area (TPSA) is 104 Å². The Morgan fingerprint density at radius 1 is 1.04 bits per heavy atom. The van der Waals surface area contributed by atoms with Gasteiger partial charge in [0.05, 0.1) is 19.7 Å². The molecule has 9 nitrogen and oxygen atoms in total. The molecule has 0 spiro atoms. The number of allylic oxidation sites excluding steroid dienone is 2. The molecule has 0 atom stereocenters. The lowest BCUT2D eigenvalue weighted by Gasteiger charge is -2.12. The van der Waals surface area contributed by atoms with Crippen LogP contribution in [0.1, 0.15) is 0 Å². The minimum atomic E-state index is -0.859. The number of hydrogen-bond donors (Lipinski definition) is 1. The van der Waals surface area contributed by atoms with E-state index in [1.807, 2.05) is 0 Å². The fraction of sp³-hybridized carbons (Fsp3) is 0.429. The molecule has 1 amide bonds. The van der Waals surface area contributed by atoms with Crippen molar-refractivity contribution >= 4 is 5.91 Å². The second-order valence-electron chi connectivity index (χ2n) is 4.58. The molecular weight excluding hydrogens is 304 g/mol. The molecule has 1 rings (SSSR count). The van der Waals surface area contributed by atoms with E-state index >= 15 is 0 Å². The number of ether oxygens (including phenoxy) is 1. The Hall–Kier alpha value is -2.68. The molecule has 1 aromatic heterocycles. The molecule has 0 saturated carbocycles. The summed E-state index contributed by atoms with van der Waals surface area (Å²) in [6.45, 7) is 6.86. The molecule has 0 saturated heterocycles. The van der Waals surface area contributed by atoms with Gasteiger partial charge in [0.25, 0.3) is 0 Å². The first-order chi connectivity index (χ1) is 11.0. The van der Waals surface area contributed by atoms with Crippen molar-refractivity contribution in [3.63, 3.8) is 0 Å². The molecule has 1 aromatic rings. The van der Waals surface area contributed by atoms with E-state index in [-0.39, 0.29) is 19.6 Å². The van der Waals surface area contributed by atoms with Crippen LogP contribution in [0.2, 0.25) is 0 Å². The normalized spacial score (nSPS) is 10.3. The third-order valence-electron chi connectivity index (χ3n) is 2.94. The molecule has 0 radical (unpaired) electrons. The molecule has 1 heterocycles. The van der Waals surface area contributed by atoms with Crippen LogP contribution in [0.15, 0.2) is 39.7 Å². The van der Waals surface area contributed by atoms with Gasteiger partial charge in [-0.3, -0.25) is 4.79 Å². The van der Waals surface area contributed by atoms with Crippen LogP contribution in [-0.2, 0) is 29.2 Å². The first-order valence-corrected chi connectivity index (χ1v) is 6.89. The van der Waals surface area contributed by atoms with Crippen molar-refractivity contribution in [1.82, 2.24) is 19.0 Å². The summed E-state index contributed by atoms with van der Waals surface area (Å²) in [5, 5.41) is 2.50. The maximum atomic E-state index is 12.3. The third-order valence-corrected chi connectivity index (χ3v) is 2.94. The Labute approximate surface area is 132 Å². The van der Waals surface area contributed by atoms with E-state index in [1.54, 1.807) is 0 Å². The van der Waals surface area contributed by atoms with Crippen molar-refractivity contribution < 1.29 is 9.53 Å². The summed E-state index contributed by atoms with van der Waals surface area (Å²) in [4.78, 5) is 48.5. The minimum Gasteiger partial charge on any atom is -0.383 e. The van der Waals surface area contributed by atoms with Crippen LogP contribution in [0.5, 0.6) is 0 Å². The standard InChI is InChI=1S/C14H20N4O5/c1-4-7-16-12(20)17(8-5-2)14(22)18(13(16)21)10-11(19)15-6-9-23-3/h4-5H,1-2,6-10H2,3H3,(H,15,19). The molecule has 1 N–H and O–H groups in total. The predicted molar refractivity (Wildman–Crippen MR) is 84.5 cm³/mol. The number of nitrogens with one attached hydrogen (secondary N) is 1. The first-order valence-electron chi connectivity index (χ1n) is 6.89. The van der Waals surface area contributed by atoms with Crippen molar-refractivity contribution in [2.24, 2.45) is 0 Å². The van der Waals surface area contributed by atoms with Crippen LogP contribution in [0.25, 0.3) is 0 Å². The zero-order chi connectivity index (χ0) is 17.4. The highest BCUT2D eigenvalue weighted by atomic mass is 16.5. The van der Waals surface area contributed by atoms with Crippen LogP contribution in [0.4, 0.5) is 0 Å². The van der Waals surface area contributed by atoms with Crippen LogP contribution in [-0.4, -0.2) is 39.9 Å². The van der Waals surface area contributed by atoms with Crippen molar-refractivity contribution in [2.45, 2.75) is 19.6 Å². The summed E-state index contributed by atoms with van der Waals surface area (Å²) < 4.78 is 7.16. The van der Waals surface area contributed by atoms with E-state index in [0.29, 0.717) is 11.2 Å². The maximum absolute atomic E-state index is 12.3. The van der Waals surface area contributed by atoms with Gasteiger partial charge < -0.3 is 10.1 Å². The van der Waals surface area contributed by atoms with Gasteiger partial charge in [0.2, 0.25) is 5.91 Å². The van der Waals surface area contributed by atoms with Gasteiger partial charge in [0, 0.05) is 13.7 Å². The van der Waals surface area contributed by atoms with E-state index in [4.69, 9.17) is 4.74 Å². The van der Waals surface area contributed by atoms with E-state index in [1.165, 1.54) is 19.3 Å². The summed E-state index contributed by atoms with van der Waals surface area (Å²) in [6, 6.07) is 0. The van der Waals surface area contributed by atoms with Gasteiger partial charge in [0.15, 0.2) is 0 Å². The SMILES string of the molecule is C=CCn1c(=O)n(CC=C)c(=O)n(CC(=O)NCCOC)c1=O. The number of amides is 1. The molecule has 0 bridgehead atoms. The highest BCUT2D eigenvalue weighted by Crippen LogP contribution is 1.80. The summed E-state index contributed by atoms with van der Waals surface area (Å²) in [5.74, 6) is -0.532. The molecule has 0 aliphatic rings. The van der Waals surface area contributed by atoms with Gasteiger partial charge in [-0.25, -0.2) is 28.1 Å². The molecule has 23 heavy (non-hydrogen) atoms. The Kier molecular flexibility index (Phi) is 6.94.